The number of hydrogen-bond donors (Lipinski definition) is 3. The predicted octanol–water partition coefficient (Wildman–Crippen LogP) is 1.85. The first kappa shape index (κ1) is 23.9. The van der Waals surface area contributed by atoms with Crippen LogP contribution in [0.1, 0.15) is 35.8 Å². The van der Waals surface area contributed by atoms with E-state index in [-0.39, 0.29) is 36.2 Å². The molecule has 0 saturated carbocycles. The number of piperazine rings is 1. The number of amides is 4. The zero-order valence-electron chi connectivity index (χ0n) is 19.1. The van der Waals surface area contributed by atoms with E-state index in [2.05, 4.69) is 16.0 Å². The Morgan fingerprint density at radius 1 is 0.939 bits per heavy atom. The van der Waals surface area contributed by atoms with Gasteiger partial charge in [-0.15, -0.1) is 0 Å². The third-order valence-corrected chi connectivity index (χ3v) is 5.49. The SMILES string of the molecule is CNC(=O)c1cccc([C@@H]2CN(CC(=O)Nc3ccc(NC(C)=O)cc3)CCN2C(C)=O)c1. The average Bonchev–Trinajstić information content (AvgIpc) is 2.79. The zero-order valence-corrected chi connectivity index (χ0v) is 19.1. The maximum atomic E-state index is 12.6. The summed E-state index contributed by atoms with van der Waals surface area (Å²) in [5.74, 6) is -0.570. The summed E-state index contributed by atoms with van der Waals surface area (Å²) in [5, 5.41) is 8.16. The number of anilines is 2. The molecule has 1 fully saturated rings. The first-order chi connectivity index (χ1) is 15.8. The first-order valence-corrected chi connectivity index (χ1v) is 10.8. The van der Waals surface area contributed by atoms with Gasteiger partial charge in [-0.05, 0) is 42.0 Å². The molecule has 4 amide bonds. The van der Waals surface area contributed by atoms with Crippen molar-refractivity contribution in [3.8, 4) is 0 Å². The molecule has 9 heteroatoms. The molecule has 0 bridgehead atoms. The molecule has 0 radical (unpaired) electrons. The van der Waals surface area contributed by atoms with Crippen LogP contribution in [0.4, 0.5) is 11.4 Å². The Morgan fingerprint density at radius 3 is 2.21 bits per heavy atom. The van der Waals surface area contributed by atoms with E-state index in [4.69, 9.17) is 0 Å². The molecule has 1 aliphatic rings. The van der Waals surface area contributed by atoms with Crippen LogP contribution >= 0.6 is 0 Å². The lowest BCUT2D eigenvalue weighted by Gasteiger charge is -2.41. The van der Waals surface area contributed by atoms with Gasteiger partial charge in [-0.1, -0.05) is 12.1 Å². The summed E-state index contributed by atoms with van der Waals surface area (Å²) < 4.78 is 0. The molecule has 0 aromatic heterocycles. The zero-order chi connectivity index (χ0) is 24.0. The predicted molar refractivity (Wildman–Crippen MR) is 126 cm³/mol. The van der Waals surface area contributed by atoms with Crippen LogP contribution in [0.25, 0.3) is 0 Å². The molecule has 2 aromatic carbocycles. The molecule has 0 aliphatic carbocycles. The van der Waals surface area contributed by atoms with Gasteiger partial charge in [0.1, 0.15) is 0 Å². The van der Waals surface area contributed by atoms with Crippen LogP contribution in [0.2, 0.25) is 0 Å². The van der Waals surface area contributed by atoms with Crippen LogP contribution in [-0.2, 0) is 14.4 Å². The minimum Gasteiger partial charge on any atom is -0.355 e. The van der Waals surface area contributed by atoms with Crippen LogP contribution in [0, 0.1) is 0 Å². The molecule has 1 saturated heterocycles. The Balaban J connectivity index is 1.67. The number of carbonyl (C=O) groups excluding carboxylic acids is 4. The largest absolute Gasteiger partial charge is 0.355 e. The highest BCUT2D eigenvalue weighted by Crippen LogP contribution is 2.26. The number of carbonyl (C=O) groups is 4. The normalized spacial score (nSPS) is 16.1. The summed E-state index contributed by atoms with van der Waals surface area (Å²) in [7, 11) is 1.57. The van der Waals surface area contributed by atoms with Crippen LogP contribution in [-0.4, -0.2) is 66.7 Å². The van der Waals surface area contributed by atoms with Crippen molar-refractivity contribution < 1.29 is 19.2 Å². The second-order valence-electron chi connectivity index (χ2n) is 7.97. The summed E-state index contributed by atoms with van der Waals surface area (Å²) in [6.45, 7) is 4.67. The minimum absolute atomic E-state index is 0.0475. The molecule has 9 nitrogen and oxygen atoms in total. The molecule has 174 valence electrons. The Bertz CT molecular complexity index is 1040. The van der Waals surface area contributed by atoms with E-state index in [1.54, 1.807) is 54.4 Å². The quantitative estimate of drug-likeness (QED) is 0.621. The second-order valence-corrected chi connectivity index (χ2v) is 7.97. The van der Waals surface area contributed by atoms with Gasteiger partial charge in [-0.25, -0.2) is 0 Å². The van der Waals surface area contributed by atoms with Gasteiger partial charge in [0.05, 0.1) is 12.6 Å². The van der Waals surface area contributed by atoms with Crippen LogP contribution in [0.3, 0.4) is 0 Å². The average molecular weight is 452 g/mol. The number of nitrogens with one attached hydrogen (secondary N) is 3. The highest BCUT2D eigenvalue weighted by molar-refractivity contribution is 5.94. The Labute approximate surface area is 193 Å². The number of hydrogen-bond acceptors (Lipinski definition) is 5. The molecule has 0 unspecified atom stereocenters. The molecule has 0 spiro atoms. The number of rotatable bonds is 6. The van der Waals surface area contributed by atoms with Crippen molar-refractivity contribution in [3.05, 3.63) is 59.7 Å². The molecule has 2 aromatic rings. The molecular weight excluding hydrogens is 422 g/mol. The van der Waals surface area contributed by atoms with Gasteiger partial charge in [-0.2, -0.15) is 0 Å². The monoisotopic (exact) mass is 451 g/mol. The van der Waals surface area contributed by atoms with Gasteiger partial charge in [0, 0.05) is 57.5 Å². The van der Waals surface area contributed by atoms with Crippen molar-refractivity contribution in [1.82, 2.24) is 15.1 Å². The fourth-order valence-corrected chi connectivity index (χ4v) is 3.92. The number of nitrogens with zero attached hydrogens (tertiary/aromatic N) is 2. The van der Waals surface area contributed by atoms with Gasteiger partial charge >= 0.3 is 0 Å². The third kappa shape index (κ3) is 6.39. The van der Waals surface area contributed by atoms with Crippen LogP contribution < -0.4 is 16.0 Å². The Morgan fingerprint density at radius 2 is 1.61 bits per heavy atom. The van der Waals surface area contributed by atoms with Gasteiger partial charge in [-0.3, -0.25) is 24.1 Å². The van der Waals surface area contributed by atoms with Gasteiger partial charge in [0.2, 0.25) is 17.7 Å². The van der Waals surface area contributed by atoms with E-state index in [0.717, 1.165) is 5.56 Å². The van der Waals surface area contributed by atoms with Crippen molar-refractivity contribution in [2.45, 2.75) is 19.9 Å². The summed E-state index contributed by atoms with van der Waals surface area (Å²) in [6.07, 6.45) is 0. The van der Waals surface area contributed by atoms with Gasteiger partial charge in [0.15, 0.2) is 0 Å². The number of benzene rings is 2. The second kappa shape index (κ2) is 10.7. The van der Waals surface area contributed by atoms with Gasteiger partial charge < -0.3 is 20.9 Å². The van der Waals surface area contributed by atoms with Crippen LogP contribution in [0.5, 0.6) is 0 Å². The maximum absolute atomic E-state index is 12.6. The molecular formula is C24H29N5O4. The molecule has 1 atom stereocenters. The summed E-state index contributed by atoms with van der Waals surface area (Å²) in [6, 6.07) is 13.8. The van der Waals surface area contributed by atoms with Crippen LogP contribution in [0.15, 0.2) is 48.5 Å². The molecule has 1 aliphatic heterocycles. The van der Waals surface area contributed by atoms with E-state index < -0.39 is 0 Å². The fourth-order valence-electron chi connectivity index (χ4n) is 3.92. The van der Waals surface area contributed by atoms with E-state index in [1.807, 2.05) is 11.0 Å². The van der Waals surface area contributed by atoms with Crippen molar-refractivity contribution in [2.75, 3.05) is 43.9 Å². The highest BCUT2D eigenvalue weighted by Gasteiger charge is 2.31. The maximum Gasteiger partial charge on any atom is 0.251 e. The molecule has 1 heterocycles. The summed E-state index contributed by atoms with van der Waals surface area (Å²) in [5.41, 5.74) is 2.66. The summed E-state index contributed by atoms with van der Waals surface area (Å²) >= 11 is 0. The van der Waals surface area contributed by atoms with E-state index in [0.29, 0.717) is 36.6 Å². The summed E-state index contributed by atoms with van der Waals surface area (Å²) in [4.78, 5) is 51.8. The molecule has 3 rings (SSSR count). The van der Waals surface area contributed by atoms with Crippen molar-refractivity contribution in [1.29, 1.82) is 0 Å². The smallest absolute Gasteiger partial charge is 0.251 e. The van der Waals surface area contributed by atoms with E-state index in [9.17, 15) is 19.2 Å². The van der Waals surface area contributed by atoms with E-state index >= 15 is 0 Å². The van der Waals surface area contributed by atoms with Crippen molar-refractivity contribution in [2.24, 2.45) is 0 Å². The fraction of sp³-hybridized carbons (Fsp3) is 0.333. The third-order valence-electron chi connectivity index (χ3n) is 5.49. The molecule has 33 heavy (non-hydrogen) atoms. The lowest BCUT2D eigenvalue weighted by atomic mass is 9.99. The van der Waals surface area contributed by atoms with Crippen molar-refractivity contribution in [3.63, 3.8) is 0 Å². The topological polar surface area (TPSA) is 111 Å². The first-order valence-electron chi connectivity index (χ1n) is 10.8. The Hall–Kier alpha value is -3.72. The molecule has 3 N–H and O–H groups in total. The lowest BCUT2D eigenvalue weighted by Crippen LogP contribution is -2.51. The van der Waals surface area contributed by atoms with Crippen molar-refractivity contribution >= 4 is 35.0 Å². The lowest BCUT2D eigenvalue weighted by molar-refractivity contribution is -0.134. The minimum atomic E-state index is -0.259. The Kier molecular flexibility index (Phi) is 7.78. The highest BCUT2D eigenvalue weighted by atomic mass is 16.2. The standard InChI is InChI=1S/C24H29N5O4/c1-16(30)26-20-7-9-21(10-8-20)27-23(32)15-28-11-12-29(17(2)31)22(14-28)18-5-4-6-19(13-18)24(33)25-3/h4-10,13,22H,11-12,14-15H2,1-3H3,(H,25,33)(H,26,30)(H,27,32)/t22-/m0/s1. The van der Waals surface area contributed by atoms with E-state index in [1.165, 1.54) is 13.8 Å². The van der Waals surface area contributed by atoms with Gasteiger partial charge in [0.25, 0.3) is 5.91 Å².